The number of carbonyl (C=O) groups excluding carboxylic acids is 2. The summed E-state index contributed by atoms with van der Waals surface area (Å²) in [4.78, 5) is 39.8. The SMILES string of the molecule is COOCC(=O)N(c1ccccc1)c1cc(Cl)ccc1C(=O)CCc1ccc(S(=O)(=O)N2CCN(C)CC2)cc1. The van der Waals surface area contributed by atoms with E-state index in [0.29, 0.717) is 54.6 Å². The molecule has 1 aliphatic heterocycles. The first kappa shape index (κ1) is 29.9. The molecule has 3 aromatic rings. The van der Waals surface area contributed by atoms with E-state index in [2.05, 4.69) is 9.79 Å². The Balaban J connectivity index is 1.52. The van der Waals surface area contributed by atoms with Crippen LogP contribution in [0.4, 0.5) is 11.4 Å². The normalized spacial score (nSPS) is 14.7. The van der Waals surface area contributed by atoms with Crippen LogP contribution in [0.15, 0.2) is 77.7 Å². The van der Waals surface area contributed by atoms with Crippen molar-refractivity contribution in [2.24, 2.45) is 0 Å². The molecule has 0 spiro atoms. The van der Waals surface area contributed by atoms with E-state index in [1.807, 2.05) is 13.1 Å². The van der Waals surface area contributed by atoms with E-state index in [-0.39, 0.29) is 23.7 Å². The molecule has 0 aliphatic carbocycles. The van der Waals surface area contributed by atoms with Crippen LogP contribution in [-0.4, -0.2) is 76.3 Å². The van der Waals surface area contributed by atoms with Crippen LogP contribution >= 0.6 is 11.6 Å². The minimum Gasteiger partial charge on any atom is -0.304 e. The molecule has 1 aliphatic rings. The van der Waals surface area contributed by atoms with Crippen molar-refractivity contribution in [3.8, 4) is 0 Å². The summed E-state index contributed by atoms with van der Waals surface area (Å²) >= 11 is 6.29. The largest absolute Gasteiger partial charge is 0.304 e. The number of likely N-dealkylation sites (N-methyl/N-ethyl adjacent to an activating group) is 1. The van der Waals surface area contributed by atoms with Crippen LogP contribution in [0.1, 0.15) is 22.3 Å². The number of aryl methyl sites for hydroxylation is 1. The van der Waals surface area contributed by atoms with Crippen molar-refractivity contribution in [2.75, 3.05) is 51.8 Å². The van der Waals surface area contributed by atoms with E-state index in [1.165, 1.54) is 16.3 Å². The van der Waals surface area contributed by atoms with Crippen molar-refractivity contribution < 1.29 is 27.8 Å². The van der Waals surface area contributed by atoms with Crippen LogP contribution in [0.2, 0.25) is 5.02 Å². The second-order valence-electron chi connectivity index (χ2n) is 9.43. The quantitative estimate of drug-likeness (QED) is 0.188. The van der Waals surface area contributed by atoms with Gasteiger partial charge in [0.1, 0.15) is 0 Å². The van der Waals surface area contributed by atoms with Crippen LogP contribution in [0.25, 0.3) is 0 Å². The van der Waals surface area contributed by atoms with Gasteiger partial charge in [0.2, 0.25) is 10.0 Å². The molecule has 0 saturated carbocycles. The summed E-state index contributed by atoms with van der Waals surface area (Å²) in [5.41, 5.74) is 2.03. The van der Waals surface area contributed by atoms with Crippen molar-refractivity contribution >= 4 is 44.7 Å². The number of anilines is 2. The average molecular weight is 586 g/mol. The molecule has 212 valence electrons. The van der Waals surface area contributed by atoms with Crippen molar-refractivity contribution in [3.05, 3.63) is 88.9 Å². The number of ketones is 1. The second kappa shape index (κ2) is 13.5. The fraction of sp³-hybridized carbons (Fsp3) is 0.310. The maximum Gasteiger partial charge on any atom is 0.260 e. The predicted molar refractivity (Wildman–Crippen MR) is 153 cm³/mol. The summed E-state index contributed by atoms with van der Waals surface area (Å²) in [6, 6.07) is 20.3. The predicted octanol–water partition coefficient (Wildman–Crippen LogP) is 4.33. The molecule has 0 bridgehead atoms. The monoisotopic (exact) mass is 585 g/mol. The van der Waals surface area contributed by atoms with Gasteiger partial charge >= 0.3 is 0 Å². The van der Waals surface area contributed by atoms with Gasteiger partial charge in [0.05, 0.1) is 17.7 Å². The van der Waals surface area contributed by atoms with Crippen molar-refractivity contribution in [1.82, 2.24) is 9.21 Å². The number of carbonyl (C=O) groups is 2. The van der Waals surface area contributed by atoms with E-state index in [4.69, 9.17) is 16.5 Å². The van der Waals surface area contributed by atoms with E-state index < -0.39 is 15.9 Å². The Morgan fingerprint density at radius 2 is 1.62 bits per heavy atom. The molecule has 40 heavy (non-hydrogen) atoms. The summed E-state index contributed by atoms with van der Waals surface area (Å²) in [7, 11) is -0.286. The number of piperazine rings is 1. The Kier molecular flexibility index (Phi) is 10.1. The summed E-state index contributed by atoms with van der Waals surface area (Å²) in [5, 5.41) is 0.366. The zero-order valence-electron chi connectivity index (χ0n) is 22.5. The molecule has 1 saturated heterocycles. The lowest BCUT2D eigenvalue weighted by Gasteiger charge is -2.31. The Morgan fingerprint density at radius 3 is 2.27 bits per heavy atom. The van der Waals surface area contributed by atoms with Gasteiger partial charge in [-0.2, -0.15) is 4.31 Å². The highest BCUT2D eigenvalue weighted by atomic mass is 35.5. The van der Waals surface area contributed by atoms with Gasteiger partial charge in [0, 0.05) is 48.9 Å². The number of benzene rings is 3. The van der Waals surface area contributed by atoms with Crippen molar-refractivity contribution in [1.29, 1.82) is 0 Å². The minimum atomic E-state index is -3.57. The summed E-state index contributed by atoms with van der Waals surface area (Å²) in [6.45, 7) is 1.93. The third kappa shape index (κ3) is 7.14. The van der Waals surface area contributed by atoms with Gasteiger partial charge in [-0.15, -0.1) is 0 Å². The number of halogens is 1. The zero-order valence-corrected chi connectivity index (χ0v) is 24.0. The zero-order chi connectivity index (χ0) is 28.7. The van der Waals surface area contributed by atoms with Crippen LogP contribution < -0.4 is 4.90 Å². The Hall–Kier alpha value is -3.12. The van der Waals surface area contributed by atoms with Gasteiger partial charge in [-0.3, -0.25) is 14.5 Å². The first-order chi connectivity index (χ1) is 19.2. The number of Topliss-reactive ketones (excluding diaryl/α,β-unsaturated/α-hetero) is 1. The van der Waals surface area contributed by atoms with E-state index in [9.17, 15) is 18.0 Å². The van der Waals surface area contributed by atoms with Crippen LogP contribution in [-0.2, 0) is 31.0 Å². The molecule has 1 amide bonds. The lowest BCUT2D eigenvalue weighted by atomic mass is 10.0. The van der Waals surface area contributed by atoms with Gasteiger partial charge in [-0.25, -0.2) is 18.2 Å². The van der Waals surface area contributed by atoms with Crippen LogP contribution in [0.5, 0.6) is 0 Å². The smallest absolute Gasteiger partial charge is 0.260 e. The molecule has 11 heteroatoms. The molecule has 0 unspecified atom stereocenters. The number of nitrogens with zero attached hydrogens (tertiary/aromatic N) is 3. The van der Waals surface area contributed by atoms with Crippen LogP contribution in [0, 0.1) is 0 Å². The van der Waals surface area contributed by atoms with Crippen molar-refractivity contribution in [2.45, 2.75) is 17.7 Å². The van der Waals surface area contributed by atoms with Gasteiger partial charge in [0.25, 0.3) is 5.91 Å². The van der Waals surface area contributed by atoms with Gasteiger partial charge < -0.3 is 4.90 Å². The molecule has 1 fully saturated rings. The average Bonchev–Trinajstić information content (AvgIpc) is 2.96. The Morgan fingerprint density at radius 1 is 0.950 bits per heavy atom. The molecule has 0 N–H and O–H groups in total. The lowest BCUT2D eigenvalue weighted by Crippen LogP contribution is -2.46. The lowest BCUT2D eigenvalue weighted by molar-refractivity contribution is -0.266. The Labute approximate surface area is 239 Å². The van der Waals surface area contributed by atoms with E-state index >= 15 is 0 Å². The molecule has 9 nitrogen and oxygen atoms in total. The third-order valence-corrected chi connectivity index (χ3v) is 8.88. The highest BCUT2D eigenvalue weighted by Gasteiger charge is 2.28. The first-order valence-corrected chi connectivity index (χ1v) is 14.7. The van der Waals surface area contributed by atoms with Crippen LogP contribution in [0.3, 0.4) is 0 Å². The minimum absolute atomic E-state index is 0.143. The maximum atomic E-state index is 13.4. The van der Waals surface area contributed by atoms with Gasteiger partial charge in [-0.05, 0) is 61.5 Å². The molecule has 1 heterocycles. The first-order valence-electron chi connectivity index (χ1n) is 12.8. The third-order valence-electron chi connectivity index (χ3n) is 6.73. The number of rotatable bonds is 11. The molecule has 0 aromatic heterocycles. The van der Waals surface area contributed by atoms with E-state index in [1.54, 1.807) is 66.7 Å². The number of para-hydroxylation sites is 1. The molecular formula is C29H32ClN3O6S. The standard InChI is InChI=1S/C29H32ClN3O6S/c1-31-16-18-32(19-17-31)40(36,37)25-12-8-22(9-13-25)10-15-28(34)26-14-11-23(30)20-27(26)33(29(35)21-39-38-2)24-6-4-3-5-7-24/h3-9,11-14,20H,10,15-19,21H2,1-2H3. The molecule has 3 aromatic carbocycles. The Bertz CT molecular complexity index is 1430. The topological polar surface area (TPSA) is 96.5 Å². The fourth-order valence-electron chi connectivity index (χ4n) is 4.49. The second-order valence-corrected chi connectivity index (χ2v) is 11.8. The summed E-state index contributed by atoms with van der Waals surface area (Å²) in [5.74, 6) is -0.635. The highest BCUT2D eigenvalue weighted by Crippen LogP contribution is 2.32. The maximum absolute atomic E-state index is 13.4. The number of hydrogen-bond acceptors (Lipinski definition) is 7. The highest BCUT2D eigenvalue weighted by molar-refractivity contribution is 7.89. The summed E-state index contributed by atoms with van der Waals surface area (Å²) in [6.07, 6.45) is 0.534. The molecule has 0 radical (unpaired) electrons. The number of hydrogen-bond donors (Lipinski definition) is 0. The number of amides is 1. The fourth-order valence-corrected chi connectivity index (χ4v) is 6.08. The molecule has 0 atom stereocenters. The van der Waals surface area contributed by atoms with Crippen molar-refractivity contribution in [3.63, 3.8) is 0 Å². The molecular weight excluding hydrogens is 554 g/mol. The van der Waals surface area contributed by atoms with E-state index in [0.717, 1.165) is 5.56 Å². The number of sulfonamides is 1. The molecule has 4 rings (SSSR count). The van der Waals surface area contributed by atoms with Gasteiger partial charge in [0.15, 0.2) is 12.4 Å². The summed E-state index contributed by atoms with van der Waals surface area (Å²) < 4.78 is 27.5. The van der Waals surface area contributed by atoms with Gasteiger partial charge in [-0.1, -0.05) is 41.9 Å².